The molecule has 1 aromatic heterocycles. The Morgan fingerprint density at radius 3 is 2.59 bits per heavy atom. The van der Waals surface area contributed by atoms with E-state index in [2.05, 4.69) is 28.2 Å². The number of carbonyl (C=O) groups excluding carboxylic acids is 1. The first kappa shape index (κ1) is 23.9. The largest absolute Gasteiger partial charge is 0.497 e. The predicted molar refractivity (Wildman–Crippen MR) is 129 cm³/mol. The summed E-state index contributed by atoms with van der Waals surface area (Å²) in [5, 5.41) is 11.8. The van der Waals surface area contributed by atoms with Gasteiger partial charge in [0.1, 0.15) is 18.5 Å². The molecule has 3 aromatic rings. The summed E-state index contributed by atoms with van der Waals surface area (Å²) in [5.41, 5.74) is 2.84. The van der Waals surface area contributed by atoms with Crippen LogP contribution in [0.1, 0.15) is 34.7 Å². The normalized spacial score (nSPS) is 15.8. The molecule has 0 saturated carbocycles. The second-order valence-electron chi connectivity index (χ2n) is 8.55. The van der Waals surface area contributed by atoms with E-state index in [1.807, 2.05) is 6.07 Å². The molecule has 182 valence electrons. The lowest BCUT2D eigenvalue weighted by molar-refractivity contribution is 0.0579. The number of fused-ring (bicyclic) bond motifs is 1. The Labute approximate surface area is 199 Å². The average molecular weight is 469 g/mol. The Morgan fingerprint density at radius 2 is 1.88 bits per heavy atom. The number of aromatic amines is 1. The first-order valence-corrected chi connectivity index (χ1v) is 11.5. The van der Waals surface area contributed by atoms with Crippen LogP contribution in [0.3, 0.4) is 0 Å². The molecule has 1 atom stereocenters. The van der Waals surface area contributed by atoms with Gasteiger partial charge in [-0.3, -0.25) is 0 Å². The molecule has 8 heteroatoms. The third-order valence-corrected chi connectivity index (χ3v) is 6.43. The zero-order valence-corrected chi connectivity index (χ0v) is 19.9. The van der Waals surface area contributed by atoms with Gasteiger partial charge in [0.05, 0.1) is 26.9 Å². The van der Waals surface area contributed by atoms with Crippen molar-refractivity contribution in [3.05, 3.63) is 53.7 Å². The topological polar surface area (TPSA) is 93.3 Å². The number of piperidine rings is 1. The number of methoxy groups -OCH3 is 3. The molecule has 2 N–H and O–H groups in total. The summed E-state index contributed by atoms with van der Waals surface area (Å²) in [6.45, 7) is 2.50. The Bertz CT molecular complexity index is 1120. The molecule has 0 radical (unpaired) electrons. The Balaban J connectivity index is 1.29. The maximum absolute atomic E-state index is 11.7. The summed E-state index contributed by atoms with van der Waals surface area (Å²) < 4.78 is 21.2. The number of benzene rings is 2. The van der Waals surface area contributed by atoms with Crippen LogP contribution in [-0.2, 0) is 4.74 Å². The lowest BCUT2D eigenvalue weighted by atomic mass is 9.89. The van der Waals surface area contributed by atoms with Crippen molar-refractivity contribution in [2.45, 2.75) is 24.9 Å². The number of esters is 1. The number of hydrogen-bond acceptors (Lipinski definition) is 7. The maximum atomic E-state index is 11.7. The van der Waals surface area contributed by atoms with Crippen molar-refractivity contribution < 1.29 is 28.8 Å². The van der Waals surface area contributed by atoms with E-state index in [4.69, 9.17) is 18.9 Å². The van der Waals surface area contributed by atoms with Gasteiger partial charge in [-0.25, -0.2) is 4.79 Å². The Hall–Kier alpha value is -3.23. The van der Waals surface area contributed by atoms with Gasteiger partial charge < -0.3 is 33.9 Å². The van der Waals surface area contributed by atoms with Crippen LogP contribution in [0.15, 0.2) is 42.6 Å². The molecule has 1 aliphatic rings. The fourth-order valence-corrected chi connectivity index (χ4v) is 4.58. The second kappa shape index (κ2) is 10.8. The molecule has 0 spiro atoms. The van der Waals surface area contributed by atoms with Crippen molar-refractivity contribution >= 4 is 16.9 Å². The first-order chi connectivity index (χ1) is 16.5. The first-order valence-electron chi connectivity index (χ1n) is 11.5. The summed E-state index contributed by atoms with van der Waals surface area (Å²) in [5.74, 6) is 1.79. The molecule has 8 nitrogen and oxygen atoms in total. The number of nitrogens with zero attached hydrogens (tertiary/aromatic N) is 1. The minimum Gasteiger partial charge on any atom is -0.497 e. The van der Waals surface area contributed by atoms with Crippen LogP contribution < -0.4 is 14.2 Å². The highest BCUT2D eigenvalue weighted by Gasteiger charge is 2.24. The highest BCUT2D eigenvalue weighted by Crippen LogP contribution is 2.35. The summed E-state index contributed by atoms with van der Waals surface area (Å²) in [4.78, 5) is 17.3. The number of aliphatic hydroxyl groups excluding tert-OH is 1. The van der Waals surface area contributed by atoms with Gasteiger partial charge in [-0.1, -0.05) is 0 Å². The third kappa shape index (κ3) is 5.29. The fraction of sp³-hybridized carbons (Fsp3) is 0.423. The standard InChI is InChI=1S/C26H32N2O6/c1-31-20-5-6-23-21(13-20)22(14-27-23)17-8-10-28(11-9-17)15-19(29)16-34-24-7-4-18(26(30)33-3)12-25(24)32-2/h4-7,12-14,17,19,27,29H,8-11,15-16H2,1-3H3. The number of ether oxygens (including phenoxy) is 4. The van der Waals surface area contributed by atoms with Crippen LogP contribution in [0.4, 0.5) is 0 Å². The third-order valence-electron chi connectivity index (χ3n) is 6.43. The van der Waals surface area contributed by atoms with Gasteiger partial charge in [0.2, 0.25) is 0 Å². The van der Waals surface area contributed by atoms with E-state index in [0.717, 1.165) is 37.2 Å². The minimum absolute atomic E-state index is 0.135. The van der Waals surface area contributed by atoms with Crippen molar-refractivity contribution in [2.75, 3.05) is 47.6 Å². The lowest BCUT2D eigenvalue weighted by Crippen LogP contribution is -2.40. The van der Waals surface area contributed by atoms with Gasteiger partial charge >= 0.3 is 5.97 Å². The number of hydrogen-bond donors (Lipinski definition) is 2. The van der Waals surface area contributed by atoms with Crippen molar-refractivity contribution in [1.82, 2.24) is 9.88 Å². The summed E-state index contributed by atoms with van der Waals surface area (Å²) >= 11 is 0. The fourth-order valence-electron chi connectivity index (χ4n) is 4.58. The van der Waals surface area contributed by atoms with Gasteiger partial charge in [0.15, 0.2) is 11.5 Å². The van der Waals surface area contributed by atoms with Crippen molar-refractivity contribution in [2.24, 2.45) is 0 Å². The quantitative estimate of drug-likeness (QED) is 0.464. The molecule has 4 rings (SSSR count). The smallest absolute Gasteiger partial charge is 0.337 e. The van der Waals surface area contributed by atoms with Crippen molar-refractivity contribution in [1.29, 1.82) is 0 Å². The molecule has 0 aliphatic carbocycles. The predicted octanol–water partition coefficient (Wildman–Crippen LogP) is 3.59. The average Bonchev–Trinajstić information content (AvgIpc) is 3.30. The van der Waals surface area contributed by atoms with Crippen LogP contribution >= 0.6 is 0 Å². The number of rotatable bonds is 9. The van der Waals surface area contributed by atoms with Crippen molar-refractivity contribution in [3.8, 4) is 17.2 Å². The molecular weight excluding hydrogens is 436 g/mol. The van der Waals surface area contributed by atoms with E-state index >= 15 is 0 Å². The second-order valence-corrected chi connectivity index (χ2v) is 8.55. The van der Waals surface area contributed by atoms with E-state index in [-0.39, 0.29) is 6.61 Å². The number of H-pyrrole nitrogens is 1. The molecule has 1 aliphatic heterocycles. The summed E-state index contributed by atoms with van der Waals surface area (Å²) in [6, 6.07) is 11.0. The maximum Gasteiger partial charge on any atom is 0.337 e. The van der Waals surface area contributed by atoms with Gasteiger partial charge in [-0.2, -0.15) is 0 Å². The highest BCUT2D eigenvalue weighted by molar-refractivity contribution is 5.90. The number of carbonyl (C=O) groups is 1. The van der Waals surface area contributed by atoms with Gasteiger partial charge in [0, 0.05) is 23.6 Å². The van der Waals surface area contributed by atoms with E-state index < -0.39 is 12.1 Å². The van der Waals surface area contributed by atoms with E-state index in [9.17, 15) is 9.90 Å². The monoisotopic (exact) mass is 468 g/mol. The summed E-state index contributed by atoms with van der Waals surface area (Å²) in [6.07, 6.45) is 3.53. The number of nitrogens with one attached hydrogen (secondary N) is 1. The number of likely N-dealkylation sites (tertiary alicyclic amines) is 1. The van der Waals surface area contributed by atoms with E-state index in [1.54, 1.807) is 25.3 Å². The van der Waals surface area contributed by atoms with E-state index in [1.165, 1.54) is 25.2 Å². The van der Waals surface area contributed by atoms with Crippen LogP contribution in [0, 0.1) is 0 Å². The molecule has 0 amide bonds. The molecule has 1 unspecified atom stereocenters. The molecule has 1 saturated heterocycles. The molecule has 0 bridgehead atoms. The summed E-state index contributed by atoms with van der Waals surface area (Å²) in [7, 11) is 4.53. The SMILES string of the molecule is COC(=O)c1ccc(OCC(O)CN2CCC(c3c[nH]c4ccc(OC)cc34)CC2)c(OC)c1. The number of aromatic nitrogens is 1. The lowest BCUT2D eigenvalue weighted by Gasteiger charge is -2.33. The zero-order chi connectivity index (χ0) is 24.1. The van der Waals surface area contributed by atoms with Gasteiger partial charge in [-0.15, -0.1) is 0 Å². The molecule has 2 heterocycles. The Morgan fingerprint density at radius 1 is 1.09 bits per heavy atom. The molecule has 34 heavy (non-hydrogen) atoms. The van der Waals surface area contributed by atoms with Crippen molar-refractivity contribution in [3.63, 3.8) is 0 Å². The van der Waals surface area contributed by atoms with Crippen LogP contribution in [0.2, 0.25) is 0 Å². The number of aliphatic hydroxyl groups is 1. The molecule has 1 fully saturated rings. The highest BCUT2D eigenvalue weighted by atomic mass is 16.5. The number of β-amino-alcohol motifs (C(OH)–C–C–N with tert-alkyl or cyclic N) is 1. The molecular formula is C26H32N2O6. The van der Waals surface area contributed by atoms with Gasteiger partial charge in [0.25, 0.3) is 0 Å². The molecule has 2 aromatic carbocycles. The van der Waals surface area contributed by atoms with Crippen LogP contribution in [-0.4, -0.2) is 74.6 Å². The Kier molecular flexibility index (Phi) is 7.59. The van der Waals surface area contributed by atoms with Gasteiger partial charge in [-0.05, 0) is 73.8 Å². The van der Waals surface area contributed by atoms with Crippen LogP contribution in [0.25, 0.3) is 10.9 Å². The minimum atomic E-state index is -0.640. The zero-order valence-electron chi connectivity index (χ0n) is 19.9. The van der Waals surface area contributed by atoms with Crippen LogP contribution in [0.5, 0.6) is 17.2 Å². The van der Waals surface area contributed by atoms with E-state index in [0.29, 0.717) is 29.5 Å².